The molecular formula is C14H13N3. The van der Waals surface area contributed by atoms with Gasteiger partial charge in [-0.15, -0.1) is 0 Å². The van der Waals surface area contributed by atoms with Crippen molar-refractivity contribution in [3.63, 3.8) is 0 Å². The number of nitrogens with zero attached hydrogens (tertiary/aromatic N) is 3. The van der Waals surface area contributed by atoms with Crippen LogP contribution in [0.25, 0.3) is 21.6 Å². The minimum atomic E-state index is 0.665. The lowest BCUT2D eigenvalue weighted by atomic mass is 9.99. The van der Waals surface area contributed by atoms with E-state index in [1.807, 2.05) is 30.3 Å². The summed E-state index contributed by atoms with van der Waals surface area (Å²) in [5, 5.41) is 3.72. The zero-order valence-corrected chi connectivity index (χ0v) is 9.88. The molecule has 3 heteroatoms. The highest BCUT2D eigenvalue weighted by Gasteiger charge is 2.03. The zero-order valence-electron chi connectivity index (χ0n) is 9.88. The van der Waals surface area contributed by atoms with Gasteiger partial charge in [0.05, 0.1) is 0 Å². The van der Waals surface area contributed by atoms with E-state index in [2.05, 4.69) is 36.0 Å². The smallest absolute Gasteiger partial charge is 0.0453 e. The lowest BCUT2D eigenvalue weighted by Gasteiger charge is -2.07. The SMILES string of the molecule is Cc1ccc(-c2ccccc2N=[N+]=[N-])cc1C. The first kappa shape index (κ1) is 11.2. The quantitative estimate of drug-likeness (QED) is 0.394. The largest absolute Gasteiger partial charge is 0.0618 e. The van der Waals surface area contributed by atoms with Crippen LogP contribution >= 0.6 is 0 Å². The Labute approximate surface area is 100 Å². The van der Waals surface area contributed by atoms with Crippen LogP contribution in [0, 0.1) is 13.8 Å². The van der Waals surface area contributed by atoms with Crippen molar-refractivity contribution in [2.75, 3.05) is 0 Å². The molecule has 0 N–H and O–H groups in total. The van der Waals surface area contributed by atoms with Crippen molar-refractivity contribution in [2.45, 2.75) is 13.8 Å². The van der Waals surface area contributed by atoms with Crippen LogP contribution in [0.2, 0.25) is 0 Å². The van der Waals surface area contributed by atoms with Crippen molar-refractivity contribution < 1.29 is 0 Å². The molecule has 0 fully saturated rings. The van der Waals surface area contributed by atoms with Gasteiger partial charge in [0, 0.05) is 10.6 Å². The Kier molecular flexibility index (Phi) is 3.12. The fraction of sp³-hybridized carbons (Fsp3) is 0.143. The van der Waals surface area contributed by atoms with Crippen LogP contribution in [0.1, 0.15) is 11.1 Å². The summed E-state index contributed by atoms with van der Waals surface area (Å²) < 4.78 is 0. The van der Waals surface area contributed by atoms with E-state index in [0.29, 0.717) is 5.69 Å². The van der Waals surface area contributed by atoms with E-state index < -0.39 is 0 Å². The number of rotatable bonds is 2. The summed E-state index contributed by atoms with van der Waals surface area (Å²) in [6, 6.07) is 13.8. The normalized spacial score (nSPS) is 9.76. The van der Waals surface area contributed by atoms with E-state index in [0.717, 1.165) is 11.1 Å². The maximum atomic E-state index is 8.55. The van der Waals surface area contributed by atoms with Crippen LogP contribution in [0.4, 0.5) is 5.69 Å². The Bertz CT molecular complexity index is 596. The third-order valence-corrected chi connectivity index (χ3v) is 2.87. The Morgan fingerprint density at radius 2 is 1.76 bits per heavy atom. The van der Waals surface area contributed by atoms with Crippen LogP contribution in [0.5, 0.6) is 0 Å². The molecule has 0 aliphatic carbocycles. The van der Waals surface area contributed by atoms with Gasteiger partial charge in [0.15, 0.2) is 0 Å². The van der Waals surface area contributed by atoms with E-state index in [-0.39, 0.29) is 0 Å². The molecule has 0 heterocycles. The van der Waals surface area contributed by atoms with Gasteiger partial charge in [-0.3, -0.25) is 0 Å². The molecule has 0 saturated carbocycles. The zero-order chi connectivity index (χ0) is 12.3. The van der Waals surface area contributed by atoms with Crippen molar-refractivity contribution >= 4 is 5.69 Å². The van der Waals surface area contributed by atoms with Crippen molar-refractivity contribution in [2.24, 2.45) is 5.11 Å². The van der Waals surface area contributed by atoms with Gasteiger partial charge in [-0.25, -0.2) is 0 Å². The molecule has 2 aromatic rings. The van der Waals surface area contributed by atoms with Crippen LogP contribution in [-0.2, 0) is 0 Å². The first-order valence-corrected chi connectivity index (χ1v) is 5.44. The molecule has 0 aromatic heterocycles. The van der Waals surface area contributed by atoms with E-state index in [4.69, 9.17) is 5.53 Å². The fourth-order valence-electron chi connectivity index (χ4n) is 1.76. The van der Waals surface area contributed by atoms with Crippen LogP contribution in [0.15, 0.2) is 47.6 Å². The molecule has 0 unspecified atom stereocenters. The molecule has 0 bridgehead atoms. The molecular weight excluding hydrogens is 210 g/mol. The van der Waals surface area contributed by atoms with E-state index in [1.54, 1.807) is 0 Å². The molecule has 2 rings (SSSR count). The van der Waals surface area contributed by atoms with Gasteiger partial charge in [0.2, 0.25) is 0 Å². The third kappa shape index (κ3) is 2.30. The fourth-order valence-corrected chi connectivity index (χ4v) is 1.76. The number of aryl methyl sites for hydroxylation is 2. The molecule has 3 nitrogen and oxygen atoms in total. The Hall–Kier alpha value is -2.25. The summed E-state index contributed by atoms with van der Waals surface area (Å²) >= 11 is 0. The average molecular weight is 223 g/mol. The van der Waals surface area contributed by atoms with Gasteiger partial charge >= 0.3 is 0 Å². The summed E-state index contributed by atoms with van der Waals surface area (Å²) in [6.07, 6.45) is 0. The molecule has 0 amide bonds. The Morgan fingerprint density at radius 1 is 1.00 bits per heavy atom. The maximum Gasteiger partial charge on any atom is 0.0453 e. The van der Waals surface area contributed by atoms with Crippen molar-refractivity contribution in [1.29, 1.82) is 0 Å². The molecule has 0 spiro atoms. The van der Waals surface area contributed by atoms with Crippen LogP contribution in [-0.4, -0.2) is 0 Å². The summed E-state index contributed by atoms with van der Waals surface area (Å²) in [7, 11) is 0. The summed E-state index contributed by atoms with van der Waals surface area (Å²) in [6.45, 7) is 4.16. The number of benzene rings is 2. The molecule has 0 atom stereocenters. The van der Waals surface area contributed by atoms with E-state index >= 15 is 0 Å². The van der Waals surface area contributed by atoms with Gasteiger partial charge in [0.25, 0.3) is 0 Å². The second kappa shape index (κ2) is 4.73. The van der Waals surface area contributed by atoms with Crippen molar-refractivity contribution in [3.05, 3.63) is 64.0 Å². The molecule has 0 aliphatic rings. The predicted octanol–water partition coefficient (Wildman–Crippen LogP) is 4.91. The second-order valence-corrected chi connectivity index (χ2v) is 4.01. The number of azide groups is 1. The molecule has 17 heavy (non-hydrogen) atoms. The predicted molar refractivity (Wildman–Crippen MR) is 70.2 cm³/mol. The maximum absolute atomic E-state index is 8.55. The topological polar surface area (TPSA) is 48.8 Å². The number of hydrogen-bond donors (Lipinski definition) is 0. The molecule has 84 valence electrons. The third-order valence-electron chi connectivity index (χ3n) is 2.87. The Morgan fingerprint density at radius 3 is 2.47 bits per heavy atom. The monoisotopic (exact) mass is 223 g/mol. The minimum Gasteiger partial charge on any atom is -0.0618 e. The van der Waals surface area contributed by atoms with Crippen molar-refractivity contribution in [3.8, 4) is 11.1 Å². The van der Waals surface area contributed by atoms with Crippen LogP contribution in [0.3, 0.4) is 0 Å². The van der Waals surface area contributed by atoms with Crippen LogP contribution < -0.4 is 0 Å². The summed E-state index contributed by atoms with van der Waals surface area (Å²) in [5.41, 5.74) is 13.8. The molecule has 0 radical (unpaired) electrons. The highest BCUT2D eigenvalue weighted by Crippen LogP contribution is 2.31. The highest BCUT2D eigenvalue weighted by molar-refractivity contribution is 5.76. The Balaban J connectivity index is 2.59. The van der Waals surface area contributed by atoms with Gasteiger partial charge in [-0.05, 0) is 41.6 Å². The second-order valence-electron chi connectivity index (χ2n) is 4.01. The van der Waals surface area contributed by atoms with Gasteiger partial charge in [-0.2, -0.15) is 0 Å². The highest BCUT2D eigenvalue weighted by atomic mass is 15.1. The first-order chi connectivity index (χ1) is 8.22. The summed E-state index contributed by atoms with van der Waals surface area (Å²) in [5.74, 6) is 0. The average Bonchev–Trinajstić information content (AvgIpc) is 2.34. The molecule has 0 aliphatic heterocycles. The van der Waals surface area contributed by atoms with E-state index in [9.17, 15) is 0 Å². The number of hydrogen-bond acceptors (Lipinski definition) is 1. The van der Waals surface area contributed by atoms with Gasteiger partial charge in [0.1, 0.15) is 0 Å². The first-order valence-electron chi connectivity index (χ1n) is 5.44. The lowest BCUT2D eigenvalue weighted by molar-refractivity contribution is 1.34. The van der Waals surface area contributed by atoms with E-state index in [1.165, 1.54) is 11.1 Å². The van der Waals surface area contributed by atoms with Gasteiger partial charge < -0.3 is 0 Å². The summed E-state index contributed by atoms with van der Waals surface area (Å²) in [4.78, 5) is 2.86. The lowest BCUT2D eigenvalue weighted by Crippen LogP contribution is -1.83. The minimum absolute atomic E-state index is 0.665. The van der Waals surface area contributed by atoms with Gasteiger partial charge in [-0.1, -0.05) is 47.6 Å². The standard InChI is InChI=1S/C14H13N3/c1-10-7-8-12(9-11(10)2)13-5-3-4-6-14(13)16-17-15/h3-9H,1-2H3. The molecule has 2 aromatic carbocycles. The van der Waals surface area contributed by atoms with Crippen molar-refractivity contribution in [1.82, 2.24) is 0 Å². The molecule has 0 saturated heterocycles.